The zero-order valence-corrected chi connectivity index (χ0v) is 16.1. The summed E-state index contributed by atoms with van der Waals surface area (Å²) in [6.45, 7) is 1.17. The quantitative estimate of drug-likeness (QED) is 0.484. The Bertz CT molecular complexity index is 1070. The Labute approximate surface area is 169 Å². The lowest BCUT2D eigenvalue weighted by Gasteiger charge is -2.44. The normalized spacial score (nSPS) is 17.6. The van der Waals surface area contributed by atoms with E-state index in [0.717, 1.165) is 48.1 Å². The highest BCUT2D eigenvalue weighted by molar-refractivity contribution is 5.85. The molecule has 2 amide bonds. The predicted molar refractivity (Wildman–Crippen MR) is 110 cm³/mol. The Morgan fingerprint density at radius 2 is 1.86 bits per heavy atom. The second-order valence-corrected chi connectivity index (χ2v) is 7.93. The number of piperidine rings is 1. The second-order valence-electron chi connectivity index (χ2n) is 7.93. The van der Waals surface area contributed by atoms with Gasteiger partial charge in [-0.25, -0.2) is 10.3 Å². The summed E-state index contributed by atoms with van der Waals surface area (Å²) in [4.78, 5) is 17.9. The Morgan fingerprint density at radius 1 is 1.07 bits per heavy atom. The number of hydrogen-bond acceptors (Lipinski definition) is 4. The molecule has 3 heterocycles. The minimum absolute atomic E-state index is 0.220. The van der Waals surface area contributed by atoms with Gasteiger partial charge >= 0.3 is 6.03 Å². The van der Waals surface area contributed by atoms with Crippen LogP contribution in [0.4, 0.5) is 4.79 Å². The number of carbonyl (C=O) groups excluding carboxylic acids is 1. The van der Waals surface area contributed by atoms with Crippen molar-refractivity contribution in [1.82, 2.24) is 15.4 Å². The van der Waals surface area contributed by atoms with Gasteiger partial charge in [-0.3, -0.25) is 10.2 Å². The third kappa shape index (κ3) is 3.29. The fourth-order valence-corrected chi connectivity index (χ4v) is 4.46. The van der Waals surface area contributed by atoms with Gasteiger partial charge < -0.3 is 9.64 Å². The van der Waals surface area contributed by atoms with E-state index in [1.807, 2.05) is 18.3 Å². The number of carbonyl (C=O) groups is 1. The number of pyridine rings is 1. The van der Waals surface area contributed by atoms with Crippen LogP contribution < -0.4 is 10.2 Å². The van der Waals surface area contributed by atoms with Crippen molar-refractivity contribution in [3.63, 3.8) is 0 Å². The molecule has 148 valence electrons. The Hall–Kier alpha value is -3.12. The molecule has 29 heavy (non-hydrogen) atoms. The number of aryl methyl sites for hydroxylation is 1. The van der Waals surface area contributed by atoms with E-state index in [1.165, 1.54) is 10.9 Å². The number of ether oxygens (including phenoxy) is 1. The molecule has 1 spiro atoms. The Kier molecular flexibility index (Phi) is 4.36. The van der Waals surface area contributed by atoms with Crippen molar-refractivity contribution < 1.29 is 14.7 Å². The van der Waals surface area contributed by atoms with E-state index < -0.39 is 6.03 Å². The van der Waals surface area contributed by atoms with Crippen molar-refractivity contribution in [3.05, 3.63) is 60.3 Å². The Balaban J connectivity index is 1.36. The summed E-state index contributed by atoms with van der Waals surface area (Å²) < 4.78 is 6.44. The zero-order chi connectivity index (χ0) is 19.8. The molecule has 1 fully saturated rings. The predicted octanol–water partition coefficient (Wildman–Crippen LogP) is 4.16. The van der Waals surface area contributed by atoms with E-state index in [-0.39, 0.29) is 5.60 Å². The number of rotatable bonds is 1. The lowest BCUT2D eigenvalue weighted by atomic mass is 9.83. The van der Waals surface area contributed by atoms with Gasteiger partial charge in [0.05, 0.1) is 5.69 Å². The first-order valence-corrected chi connectivity index (χ1v) is 10.0. The number of nitrogens with zero attached hydrogens (tertiary/aromatic N) is 2. The van der Waals surface area contributed by atoms with Crippen molar-refractivity contribution in [3.8, 4) is 17.0 Å². The molecule has 1 aromatic heterocycles. The molecule has 1 saturated heterocycles. The van der Waals surface area contributed by atoms with Crippen LogP contribution in [0.25, 0.3) is 22.0 Å². The van der Waals surface area contributed by atoms with Gasteiger partial charge in [0.15, 0.2) is 0 Å². The lowest BCUT2D eigenvalue weighted by Crippen LogP contribution is -2.52. The minimum Gasteiger partial charge on any atom is -0.487 e. The van der Waals surface area contributed by atoms with Crippen LogP contribution in [0.3, 0.4) is 0 Å². The first kappa shape index (κ1) is 17.9. The third-order valence-electron chi connectivity index (χ3n) is 6.22. The maximum atomic E-state index is 11.6. The largest absolute Gasteiger partial charge is 0.487 e. The maximum absolute atomic E-state index is 11.6. The van der Waals surface area contributed by atoms with Crippen LogP contribution in [-0.4, -0.2) is 39.8 Å². The van der Waals surface area contributed by atoms with E-state index in [4.69, 9.17) is 9.94 Å². The molecule has 2 N–H and O–H groups in total. The standard InChI is InChI=1S/C23H23N3O3/c27-22(25-28)26-11-9-23(10-12-26)8-7-18-13-17(5-6-21(18)29-23)20-14-16-3-1-2-4-19(16)15-24-20/h1-6,13-15,28H,7-12H2,(H,25,27). The van der Waals surface area contributed by atoms with Crippen molar-refractivity contribution in [1.29, 1.82) is 0 Å². The molecule has 2 aliphatic heterocycles. The molecule has 0 atom stereocenters. The second kappa shape index (κ2) is 7.04. The number of nitrogens with one attached hydrogen (secondary N) is 1. The van der Waals surface area contributed by atoms with Gasteiger partial charge in [0.1, 0.15) is 11.4 Å². The van der Waals surface area contributed by atoms with Gasteiger partial charge in [-0.2, -0.15) is 0 Å². The molecule has 0 bridgehead atoms. The van der Waals surface area contributed by atoms with Gasteiger partial charge in [0.2, 0.25) is 0 Å². The summed E-state index contributed by atoms with van der Waals surface area (Å²) in [6, 6.07) is 16.2. The fourth-order valence-electron chi connectivity index (χ4n) is 4.46. The fraction of sp³-hybridized carbons (Fsp3) is 0.304. The number of urea groups is 1. The number of fused-ring (bicyclic) bond motifs is 2. The highest BCUT2D eigenvalue weighted by atomic mass is 16.5. The smallest absolute Gasteiger partial charge is 0.341 e. The number of hydroxylamine groups is 1. The van der Waals surface area contributed by atoms with Crippen molar-refractivity contribution in [2.24, 2.45) is 0 Å². The summed E-state index contributed by atoms with van der Waals surface area (Å²) >= 11 is 0. The average molecular weight is 389 g/mol. The molecule has 3 aromatic rings. The van der Waals surface area contributed by atoms with Gasteiger partial charge in [-0.05, 0) is 48.1 Å². The molecule has 6 nitrogen and oxygen atoms in total. The van der Waals surface area contributed by atoms with E-state index in [2.05, 4.69) is 41.4 Å². The van der Waals surface area contributed by atoms with Gasteiger partial charge in [-0.15, -0.1) is 0 Å². The molecular formula is C23H23N3O3. The van der Waals surface area contributed by atoms with E-state index in [1.54, 1.807) is 10.4 Å². The Morgan fingerprint density at radius 3 is 2.66 bits per heavy atom. The van der Waals surface area contributed by atoms with Crippen molar-refractivity contribution in [2.75, 3.05) is 13.1 Å². The highest BCUT2D eigenvalue weighted by Gasteiger charge is 2.40. The van der Waals surface area contributed by atoms with Crippen LogP contribution in [0, 0.1) is 0 Å². The number of likely N-dealkylation sites (tertiary alicyclic amines) is 1. The topological polar surface area (TPSA) is 74.7 Å². The summed E-state index contributed by atoms with van der Waals surface area (Å²) in [5.41, 5.74) is 4.77. The van der Waals surface area contributed by atoms with E-state index >= 15 is 0 Å². The van der Waals surface area contributed by atoms with Gasteiger partial charge in [0, 0.05) is 43.1 Å². The van der Waals surface area contributed by atoms with Gasteiger partial charge in [-0.1, -0.05) is 24.3 Å². The van der Waals surface area contributed by atoms with Crippen molar-refractivity contribution >= 4 is 16.8 Å². The minimum atomic E-state index is -0.441. The molecule has 0 unspecified atom stereocenters. The monoisotopic (exact) mass is 389 g/mol. The van der Waals surface area contributed by atoms with Crippen LogP contribution in [0.1, 0.15) is 24.8 Å². The molecule has 5 rings (SSSR count). The molecule has 2 aromatic carbocycles. The van der Waals surface area contributed by atoms with E-state index in [9.17, 15) is 4.79 Å². The number of hydrogen-bond donors (Lipinski definition) is 2. The summed E-state index contributed by atoms with van der Waals surface area (Å²) in [5.74, 6) is 0.931. The number of benzene rings is 2. The highest BCUT2D eigenvalue weighted by Crippen LogP contribution is 2.40. The first-order chi connectivity index (χ1) is 14.2. The zero-order valence-electron chi connectivity index (χ0n) is 16.1. The molecule has 0 saturated carbocycles. The van der Waals surface area contributed by atoms with Crippen LogP contribution in [0.5, 0.6) is 5.75 Å². The van der Waals surface area contributed by atoms with E-state index in [0.29, 0.717) is 13.1 Å². The summed E-state index contributed by atoms with van der Waals surface area (Å²) in [5, 5.41) is 11.1. The average Bonchev–Trinajstić information content (AvgIpc) is 2.78. The summed E-state index contributed by atoms with van der Waals surface area (Å²) in [7, 11) is 0. The summed E-state index contributed by atoms with van der Waals surface area (Å²) in [6.07, 6.45) is 5.35. The first-order valence-electron chi connectivity index (χ1n) is 10.0. The molecular weight excluding hydrogens is 366 g/mol. The van der Waals surface area contributed by atoms with Crippen LogP contribution in [-0.2, 0) is 6.42 Å². The number of aromatic nitrogens is 1. The molecule has 0 aliphatic carbocycles. The van der Waals surface area contributed by atoms with Crippen LogP contribution in [0.2, 0.25) is 0 Å². The van der Waals surface area contributed by atoms with Gasteiger partial charge in [0.25, 0.3) is 0 Å². The molecule has 0 radical (unpaired) electrons. The van der Waals surface area contributed by atoms with Crippen LogP contribution >= 0.6 is 0 Å². The SMILES string of the molecule is O=C(NO)N1CCC2(CCc3cc(-c4cc5ccccc5cn4)ccc3O2)CC1. The van der Waals surface area contributed by atoms with Crippen LogP contribution in [0.15, 0.2) is 54.7 Å². The third-order valence-corrected chi connectivity index (χ3v) is 6.22. The molecule has 2 aliphatic rings. The lowest BCUT2D eigenvalue weighted by molar-refractivity contribution is -0.00877. The van der Waals surface area contributed by atoms with Crippen molar-refractivity contribution in [2.45, 2.75) is 31.3 Å². The number of amides is 2. The maximum Gasteiger partial charge on any atom is 0.341 e. The molecule has 6 heteroatoms.